The standard InChI is InChI=1S/C11H19NO3/c1-8(11(13)14)12-5-6-15-7-9-3-2-4-10(9)12/h8-10H,2-7H2,1H3,(H,13,14)/t8-,9-,10-/m1/s1. The number of aliphatic carboxylic acids is 1. The Morgan fingerprint density at radius 2 is 2.33 bits per heavy atom. The van der Waals surface area contributed by atoms with Gasteiger partial charge < -0.3 is 9.84 Å². The van der Waals surface area contributed by atoms with E-state index in [9.17, 15) is 4.79 Å². The molecule has 0 radical (unpaired) electrons. The third-order valence-electron chi connectivity index (χ3n) is 3.73. The van der Waals surface area contributed by atoms with Crippen molar-refractivity contribution >= 4 is 5.97 Å². The van der Waals surface area contributed by atoms with Crippen molar-refractivity contribution in [2.24, 2.45) is 5.92 Å². The van der Waals surface area contributed by atoms with Crippen molar-refractivity contribution in [3.8, 4) is 0 Å². The molecule has 1 saturated carbocycles. The fraction of sp³-hybridized carbons (Fsp3) is 0.909. The summed E-state index contributed by atoms with van der Waals surface area (Å²) in [4.78, 5) is 13.1. The Balaban J connectivity index is 2.10. The molecule has 2 aliphatic rings. The summed E-state index contributed by atoms with van der Waals surface area (Å²) in [5.41, 5.74) is 0. The summed E-state index contributed by atoms with van der Waals surface area (Å²) in [5, 5.41) is 9.06. The molecule has 1 aliphatic carbocycles. The third kappa shape index (κ3) is 2.16. The van der Waals surface area contributed by atoms with Crippen LogP contribution >= 0.6 is 0 Å². The van der Waals surface area contributed by atoms with Gasteiger partial charge >= 0.3 is 5.97 Å². The lowest BCUT2D eigenvalue weighted by Gasteiger charge is -2.32. The van der Waals surface area contributed by atoms with Crippen LogP contribution in [0.25, 0.3) is 0 Å². The molecular formula is C11H19NO3. The Morgan fingerprint density at radius 1 is 1.53 bits per heavy atom. The Bertz CT molecular complexity index is 244. The normalized spacial score (nSPS) is 34.5. The first-order valence-corrected chi connectivity index (χ1v) is 5.76. The Labute approximate surface area is 90.2 Å². The highest BCUT2D eigenvalue weighted by Gasteiger charge is 2.37. The van der Waals surface area contributed by atoms with Crippen LogP contribution in [-0.4, -0.2) is 47.8 Å². The average Bonchev–Trinajstić information content (AvgIpc) is 2.57. The smallest absolute Gasteiger partial charge is 0.320 e. The van der Waals surface area contributed by atoms with Gasteiger partial charge in [0.1, 0.15) is 6.04 Å². The molecule has 1 saturated heterocycles. The summed E-state index contributed by atoms with van der Waals surface area (Å²) in [5.74, 6) is -0.170. The second-order valence-corrected chi connectivity index (χ2v) is 4.59. The number of nitrogens with zero attached hydrogens (tertiary/aromatic N) is 1. The topological polar surface area (TPSA) is 49.8 Å². The number of rotatable bonds is 2. The minimum atomic E-state index is -0.720. The van der Waals surface area contributed by atoms with E-state index in [4.69, 9.17) is 9.84 Å². The molecule has 0 unspecified atom stereocenters. The van der Waals surface area contributed by atoms with Gasteiger partial charge in [-0.1, -0.05) is 6.42 Å². The van der Waals surface area contributed by atoms with Crippen LogP contribution in [0.15, 0.2) is 0 Å². The molecule has 0 spiro atoms. The van der Waals surface area contributed by atoms with Crippen LogP contribution in [0.4, 0.5) is 0 Å². The number of hydrogen-bond acceptors (Lipinski definition) is 3. The molecule has 4 nitrogen and oxygen atoms in total. The molecule has 3 atom stereocenters. The quantitative estimate of drug-likeness (QED) is 0.742. The van der Waals surface area contributed by atoms with Crippen LogP contribution in [0.3, 0.4) is 0 Å². The lowest BCUT2D eigenvalue weighted by Crippen LogP contribution is -2.47. The highest BCUT2D eigenvalue weighted by Crippen LogP contribution is 2.32. The van der Waals surface area contributed by atoms with Gasteiger partial charge in [-0.3, -0.25) is 9.69 Å². The van der Waals surface area contributed by atoms with Crippen LogP contribution in [-0.2, 0) is 9.53 Å². The van der Waals surface area contributed by atoms with Crippen molar-refractivity contribution in [2.45, 2.75) is 38.3 Å². The molecule has 0 aromatic carbocycles. The molecule has 2 fully saturated rings. The summed E-state index contributed by atoms with van der Waals surface area (Å²) in [6.07, 6.45) is 3.53. The van der Waals surface area contributed by atoms with Crippen molar-refractivity contribution in [3.63, 3.8) is 0 Å². The highest BCUT2D eigenvalue weighted by atomic mass is 16.5. The summed E-state index contributed by atoms with van der Waals surface area (Å²) < 4.78 is 5.53. The van der Waals surface area contributed by atoms with Gasteiger partial charge in [0.15, 0.2) is 0 Å². The molecule has 0 amide bonds. The fourth-order valence-electron chi connectivity index (χ4n) is 2.84. The van der Waals surface area contributed by atoms with E-state index >= 15 is 0 Å². The van der Waals surface area contributed by atoms with Crippen molar-refractivity contribution in [1.29, 1.82) is 0 Å². The van der Waals surface area contributed by atoms with Gasteiger partial charge in [0.2, 0.25) is 0 Å². The number of fused-ring (bicyclic) bond motifs is 1. The molecule has 0 aromatic rings. The number of carboxylic acids is 1. The van der Waals surface area contributed by atoms with Crippen molar-refractivity contribution < 1.29 is 14.6 Å². The largest absolute Gasteiger partial charge is 0.480 e. The van der Waals surface area contributed by atoms with Crippen LogP contribution in [0.1, 0.15) is 26.2 Å². The molecule has 15 heavy (non-hydrogen) atoms. The number of ether oxygens (including phenoxy) is 1. The van der Waals surface area contributed by atoms with Crippen molar-refractivity contribution in [2.75, 3.05) is 19.8 Å². The Hall–Kier alpha value is -0.610. The van der Waals surface area contributed by atoms with E-state index in [0.717, 1.165) is 19.6 Å². The zero-order chi connectivity index (χ0) is 10.8. The van der Waals surface area contributed by atoms with E-state index in [-0.39, 0.29) is 6.04 Å². The second-order valence-electron chi connectivity index (χ2n) is 4.59. The van der Waals surface area contributed by atoms with E-state index in [1.165, 1.54) is 12.8 Å². The first-order chi connectivity index (χ1) is 7.20. The number of hydrogen-bond donors (Lipinski definition) is 1. The van der Waals surface area contributed by atoms with E-state index < -0.39 is 5.97 Å². The fourth-order valence-corrected chi connectivity index (χ4v) is 2.84. The molecular weight excluding hydrogens is 194 g/mol. The summed E-state index contributed by atoms with van der Waals surface area (Å²) in [6.45, 7) is 4.02. The van der Waals surface area contributed by atoms with Crippen LogP contribution in [0.5, 0.6) is 0 Å². The van der Waals surface area contributed by atoms with Gasteiger partial charge in [-0.2, -0.15) is 0 Å². The Kier molecular flexibility index (Phi) is 3.26. The van der Waals surface area contributed by atoms with Crippen molar-refractivity contribution in [1.82, 2.24) is 4.90 Å². The number of carbonyl (C=O) groups is 1. The molecule has 1 aliphatic heterocycles. The molecule has 0 bridgehead atoms. The SMILES string of the molecule is C[C@H](C(=O)O)N1CCOC[C@H]2CCC[C@H]21. The lowest BCUT2D eigenvalue weighted by atomic mass is 10.0. The van der Waals surface area contributed by atoms with Crippen LogP contribution < -0.4 is 0 Å². The second kappa shape index (κ2) is 4.49. The van der Waals surface area contributed by atoms with Gasteiger partial charge in [0.25, 0.3) is 0 Å². The monoisotopic (exact) mass is 213 g/mol. The third-order valence-corrected chi connectivity index (χ3v) is 3.73. The average molecular weight is 213 g/mol. The van der Waals surface area contributed by atoms with Crippen LogP contribution in [0, 0.1) is 5.92 Å². The molecule has 4 heteroatoms. The molecule has 1 N–H and O–H groups in total. The first kappa shape index (κ1) is 10.9. The zero-order valence-corrected chi connectivity index (χ0v) is 9.19. The van der Waals surface area contributed by atoms with E-state index in [2.05, 4.69) is 4.90 Å². The van der Waals surface area contributed by atoms with Gasteiger partial charge in [-0.15, -0.1) is 0 Å². The zero-order valence-electron chi connectivity index (χ0n) is 9.19. The molecule has 0 aromatic heterocycles. The van der Waals surface area contributed by atoms with Crippen LogP contribution in [0.2, 0.25) is 0 Å². The van der Waals surface area contributed by atoms with Gasteiger partial charge in [-0.05, 0) is 25.7 Å². The first-order valence-electron chi connectivity index (χ1n) is 5.76. The maximum atomic E-state index is 11.0. The minimum Gasteiger partial charge on any atom is -0.480 e. The molecule has 86 valence electrons. The maximum Gasteiger partial charge on any atom is 0.320 e. The van der Waals surface area contributed by atoms with E-state index in [1.54, 1.807) is 6.92 Å². The van der Waals surface area contributed by atoms with Crippen molar-refractivity contribution in [3.05, 3.63) is 0 Å². The van der Waals surface area contributed by atoms with E-state index in [1.807, 2.05) is 0 Å². The number of carboxylic acid groups (broad SMARTS) is 1. The molecule has 2 rings (SSSR count). The van der Waals surface area contributed by atoms with Gasteiger partial charge in [-0.25, -0.2) is 0 Å². The highest BCUT2D eigenvalue weighted by molar-refractivity contribution is 5.72. The van der Waals surface area contributed by atoms with Gasteiger partial charge in [0.05, 0.1) is 13.2 Å². The van der Waals surface area contributed by atoms with Gasteiger partial charge in [0, 0.05) is 12.6 Å². The summed E-state index contributed by atoms with van der Waals surface area (Å²) in [7, 11) is 0. The summed E-state index contributed by atoms with van der Waals surface area (Å²) >= 11 is 0. The minimum absolute atomic E-state index is 0.378. The predicted octanol–water partition coefficient (Wildman–Crippen LogP) is 0.960. The maximum absolute atomic E-state index is 11.0. The Morgan fingerprint density at radius 3 is 3.07 bits per heavy atom. The van der Waals surface area contributed by atoms with E-state index in [0.29, 0.717) is 18.6 Å². The lowest BCUT2D eigenvalue weighted by molar-refractivity contribution is -0.143. The molecule has 1 heterocycles. The summed E-state index contributed by atoms with van der Waals surface area (Å²) in [6, 6.07) is 0.0518. The predicted molar refractivity (Wildman–Crippen MR) is 55.8 cm³/mol.